The van der Waals surface area contributed by atoms with Gasteiger partial charge in [-0.15, -0.1) is 0 Å². The zero-order valence-corrected chi connectivity index (χ0v) is 9.65. The zero-order valence-electron chi connectivity index (χ0n) is 8.07. The van der Waals surface area contributed by atoms with Gasteiger partial charge in [0.25, 0.3) is 5.60 Å². The van der Waals surface area contributed by atoms with Crippen LogP contribution < -0.4 is 5.32 Å². The number of hydrogen-bond acceptors (Lipinski definition) is 3. The van der Waals surface area contributed by atoms with Crippen LogP contribution in [0, 0.1) is 0 Å². The molecule has 1 unspecified atom stereocenters. The van der Waals surface area contributed by atoms with Crippen LogP contribution in [-0.4, -0.2) is 23.7 Å². The molecule has 5 nitrogen and oxygen atoms in total. The quantitative estimate of drug-likeness (QED) is 0.863. The van der Waals surface area contributed by atoms with Crippen molar-refractivity contribution in [1.29, 1.82) is 0 Å². The molecule has 0 saturated carbocycles. The number of cyclic esters (lactones) is 1. The number of alkyl carbamates (subject to hydrolysis) is 1. The summed E-state index contributed by atoms with van der Waals surface area (Å²) in [5.74, 6) is -1.20. The largest absolute Gasteiger partial charge is 0.478 e. The molecule has 0 aromatic heterocycles. The minimum Gasteiger partial charge on any atom is -0.478 e. The number of carboxylic acids is 1. The summed E-state index contributed by atoms with van der Waals surface area (Å²) in [5.41, 5.74) is -1.22. The molecule has 1 aliphatic rings. The first kappa shape index (κ1) is 10.9. The molecule has 1 aliphatic heterocycles. The fraction of sp³-hybridized carbons (Fsp3) is 0.200. The van der Waals surface area contributed by atoms with Crippen molar-refractivity contribution < 1.29 is 19.4 Å². The van der Waals surface area contributed by atoms with Crippen molar-refractivity contribution >= 4 is 28.0 Å². The lowest BCUT2D eigenvalue weighted by Crippen LogP contribution is -2.39. The van der Waals surface area contributed by atoms with Gasteiger partial charge in [-0.05, 0) is 6.07 Å². The molecule has 0 spiro atoms. The maximum atomic E-state index is 11.3. The lowest BCUT2D eigenvalue weighted by molar-refractivity contribution is -0.155. The van der Waals surface area contributed by atoms with Crippen LogP contribution in [0.15, 0.2) is 28.7 Å². The van der Waals surface area contributed by atoms with Gasteiger partial charge in [-0.1, -0.05) is 34.1 Å². The third-order valence-corrected chi connectivity index (χ3v) is 3.09. The molecule has 2 rings (SSSR count). The Morgan fingerprint density at radius 3 is 2.69 bits per heavy atom. The molecular weight excluding hydrogens is 278 g/mol. The molecule has 1 aromatic rings. The molecule has 1 fully saturated rings. The van der Waals surface area contributed by atoms with Gasteiger partial charge in [-0.3, -0.25) is 0 Å². The molecule has 84 valence electrons. The van der Waals surface area contributed by atoms with Crippen molar-refractivity contribution in [3.05, 3.63) is 34.3 Å². The molecule has 1 atom stereocenters. The zero-order chi connectivity index (χ0) is 11.8. The van der Waals surface area contributed by atoms with Gasteiger partial charge in [0.1, 0.15) is 0 Å². The maximum Gasteiger partial charge on any atom is 0.408 e. The summed E-state index contributed by atoms with van der Waals surface area (Å²) in [7, 11) is 0. The number of rotatable bonds is 2. The monoisotopic (exact) mass is 285 g/mol. The highest BCUT2D eigenvalue weighted by atomic mass is 79.9. The average Bonchev–Trinajstić information content (AvgIpc) is 2.62. The van der Waals surface area contributed by atoms with Crippen molar-refractivity contribution in [2.75, 3.05) is 6.54 Å². The summed E-state index contributed by atoms with van der Waals surface area (Å²) in [6.07, 6.45) is -0.724. The fourth-order valence-electron chi connectivity index (χ4n) is 1.60. The van der Waals surface area contributed by atoms with Gasteiger partial charge in [0, 0.05) is 10.0 Å². The van der Waals surface area contributed by atoms with Crippen LogP contribution in [0.1, 0.15) is 5.56 Å². The van der Waals surface area contributed by atoms with Gasteiger partial charge < -0.3 is 15.2 Å². The number of carbonyl (C=O) groups is 2. The van der Waals surface area contributed by atoms with Crippen molar-refractivity contribution in [1.82, 2.24) is 5.32 Å². The molecular formula is C10H8BrNO4. The van der Waals surface area contributed by atoms with E-state index >= 15 is 0 Å². The van der Waals surface area contributed by atoms with E-state index in [-0.39, 0.29) is 6.54 Å². The number of aliphatic carboxylic acids is 1. The highest BCUT2D eigenvalue weighted by molar-refractivity contribution is 9.10. The van der Waals surface area contributed by atoms with Gasteiger partial charge in [-0.2, -0.15) is 0 Å². The Morgan fingerprint density at radius 1 is 1.50 bits per heavy atom. The molecule has 16 heavy (non-hydrogen) atoms. The summed E-state index contributed by atoms with van der Waals surface area (Å²) < 4.78 is 5.49. The van der Waals surface area contributed by atoms with E-state index in [1.807, 2.05) is 0 Å². The standard InChI is InChI=1S/C10H8BrNO4/c11-7-4-2-1-3-6(7)10(8(13)14)5-12-9(15)16-10/h1-4H,5H2,(H,12,15)(H,13,14). The molecule has 0 aliphatic carbocycles. The van der Waals surface area contributed by atoms with Crippen LogP contribution in [0.3, 0.4) is 0 Å². The van der Waals surface area contributed by atoms with Crippen LogP contribution >= 0.6 is 15.9 Å². The first-order valence-electron chi connectivity index (χ1n) is 4.51. The Labute approximate surface area is 99.5 Å². The Hall–Kier alpha value is -1.56. The SMILES string of the molecule is O=C1NCC(C(=O)O)(c2ccccc2Br)O1. The molecule has 6 heteroatoms. The summed E-state index contributed by atoms with van der Waals surface area (Å²) in [6.45, 7) is -0.0796. The summed E-state index contributed by atoms with van der Waals surface area (Å²) in [5, 5.41) is 11.6. The van der Waals surface area contributed by atoms with Crippen molar-refractivity contribution in [3.63, 3.8) is 0 Å². The second-order valence-corrected chi connectivity index (χ2v) is 4.21. The van der Waals surface area contributed by atoms with Crippen LogP contribution in [0.2, 0.25) is 0 Å². The summed E-state index contributed by atoms with van der Waals surface area (Å²) in [4.78, 5) is 22.3. The lowest BCUT2D eigenvalue weighted by Gasteiger charge is -2.22. The van der Waals surface area contributed by atoms with E-state index in [0.29, 0.717) is 10.0 Å². The Balaban J connectivity index is 2.53. The number of nitrogens with one attached hydrogen (secondary N) is 1. The molecule has 0 radical (unpaired) electrons. The minimum atomic E-state index is -1.64. The number of ether oxygens (including phenoxy) is 1. The molecule has 0 bridgehead atoms. The van der Waals surface area contributed by atoms with E-state index in [9.17, 15) is 14.7 Å². The number of carboxylic acid groups (broad SMARTS) is 1. The number of hydrogen-bond donors (Lipinski definition) is 2. The second kappa shape index (κ2) is 3.79. The predicted molar refractivity (Wildman–Crippen MR) is 57.9 cm³/mol. The maximum absolute atomic E-state index is 11.3. The fourth-order valence-corrected chi connectivity index (χ4v) is 2.21. The number of carbonyl (C=O) groups excluding carboxylic acids is 1. The normalized spacial score (nSPS) is 23.7. The smallest absolute Gasteiger partial charge is 0.408 e. The summed E-state index contributed by atoms with van der Waals surface area (Å²) >= 11 is 3.25. The molecule has 1 amide bonds. The van der Waals surface area contributed by atoms with Crippen LogP contribution in [0.5, 0.6) is 0 Å². The van der Waals surface area contributed by atoms with E-state index in [2.05, 4.69) is 21.2 Å². The van der Waals surface area contributed by atoms with Gasteiger partial charge in [0.05, 0.1) is 6.54 Å². The first-order valence-corrected chi connectivity index (χ1v) is 5.31. The van der Waals surface area contributed by atoms with Gasteiger partial charge in [0.15, 0.2) is 0 Å². The topological polar surface area (TPSA) is 75.6 Å². The lowest BCUT2D eigenvalue weighted by atomic mass is 9.94. The van der Waals surface area contributed by atoms with E-state index in [4.69, 9.17) is 4.74 Å². The molecule has 1 heterocycles. The number of halogens is 1. The molecule has 1 aromatic carbocycles. The van der Waals surface area contributed by atoms with Crippen LogP contribution in [0.25, 0.3) is 0 Å². The van der Waals surface area contributed by atoms with Crippen molar-refractivity contribution in [3.8, 4) is 0 Å². The minimum absolute atomic E-state index is 0.0796. The Bertz CT molecular complexity index is 462. The predicted octanol–water partition coefficient (Wildman–Crippen LogP) is 1.47. The highest BCUT2D eigenvalue weighted by Crippen LogP contribution is 2.34. The molecule has 2 N–H and O–H groups in total. The Morgan fingerprint density at radius 2 is 2.19 bits per heavy atom. The average molecular weight is 286 g/mol. The third-order valence-electron chi connectivity index (χ3n) is 2.40. The van der Waals surface area contributed by atoms with Crippen LogP contribution in [-0.2, 0) is 15.1 Å². The highest BCUT2D eigenvalue weighted by Gasteiger charge is 2.50. The van der Waals surface area contributed by atoms with E-state index in [1.54, 1.807) is 24.3 Å². The van der Waals surface area contributed by atoms with Crippen molar-refractivity contribution in [2.45, 2.75) is 5.60 Å². The van der Waals surface area contributed by atoms with Crippen LogP contribution in [0.4, 0.5) is 4.79 Å². The Kier molecular flexibility index (Phi) is 2.59. The first-order chi connectivity index (χ1) is 7.56. The van der Waals surface area contributed by atoms with E-state index in [1.165, 1.54) is 0 Å². The third kappa shape index (κ3) is 1.55. The van der Waals surface area contributed by atoms with E-state index < -0.39 is 17.7 Å². The second-order valence-electron chi connectivity index (χ2n) is 3.36. The number of amides is 1. The number of benzene rings is 1. The van der Waals surface area contributed by atoms with Crippen molar-refractivity contribution in [2.24, 2.45) is 0 Å². The van der Waals surface area contributed by atoms with Gasteiger partial charge in [0.2, 0.25) is 0 Å². The molecule has 1 saturated heterocycles. The van der Waals surface area contributed by atoms with Gasteiger partial charge >= 0.3 is 12.1 Å². The summed E-state index contributed by atoms with van der Waals surface area (Å²) in [6, 6.07) is 6.76. The van der Waals surface area contributed by atoms with E-state index in [0.717, 1.165) is 0 Å². The van der Waals surface area contributed by atoms with Gasteiger partial charge in [-0.25, -0.2) is 9.59 Å².